The zero-order valence-electron chi connectivity index (χ0n) is 14.9. The van der Waals surface area contributed by atoms with Crippen LogP contribution in [0.3, 0.4) is 0 Å². The lowest BCUT2D eigenvalue weighted by molar-refractivity contribution is -0.144. The Morgan fingerprint density at radius 1 is 1.31 bits per heavy atom. The molecule has 3 aromatic rings. The highest BCUT2D eigenvalue weighted by Gasteiger charge is 2.35. The number of nitrogens with one attached hydrogen (secondary N) is 1. The summed E-state index contributed by atoms with van der Waals surface area (Å²) in [6.45, 7) is 1.40. The molecule has 0 aliphatic carbocycles. The minimum absolute atomic E-state index is 0.0451. The van der Waals surface area contributed by atoms with Gasteiger partial charge >= 0.3 is 6.18 Å². The molecule has 3 aromatic heterocycles. The maximum absolute atomic E-state index is 12.9. The first-order valence-electron chi connectivity index (χ1n) is 8.72. The van der Waals surface area contributed by atoms with Crippen LogP contribution in [0.1, 0.15) is 18.7 Å². The predicted molar refractivity (Wildman–Crippen MR) is 103 cm³/mol. The van der Waals surface area contributed by atoms with E-state index >= 15 is 0 Å². The van der Waals surface area contributed by atoms with Crippen molar-refractivity contribution in [3.63, 3.8) is 0 Å². The monoisotopic (exact) mass is 420 g/mol. The van der Waals surface area contributed by atoms with E-state index in [4.69, 9.17) is 5.73 Å². The number of piperidine rings is 1. The minimum Gasteiger partial charge on any atom is -0.384 e. The number of pyridine rings is 1. The largest absolute Gasteiger partial charge is 0.451 e. The van der Waals surface area contributed by atoms with Gasteiger partial charge in [0.15, 0.2) is 10.9 Å². The molecule has 0 radical (unpaired) electrons. The van der Waals surface area contributed by atoms with E-state index in [1.165, 1.54) is 23.6 Å². The number of alkyl halides is 3. The second-order valence-electron chi connectivity index (χ2n) is 6.54. The first kappa shape index (κ1) is 19.1. The average molecular weight is 420 g/mol. The molecule has 1 aliphatic rings. The van der Waals surface area contributed by atoms with Gasteiger partial charge in [0.05, 0.1) is 22.2 Å². The van der Waals surface area contributed by atoms with Crippen LogP contribution in [0.4, 0.5) is 35.8 Å². The number of thiazole rings is 1. The second kappa shape index (κ2) is 7.32. The number of nitrogens with two attached hydrogens (primary N) is 1. The Kier molecular flexibility index (Phi) is 4.83. The first-order chi connectivity index (χ1) is 13.8. The number of hydrogen-bond donors (Lipinski definition) is 2. The van der Waals surface area contributed by atoms with Gasteiger partial charge in [-0.25, -0.2) is 19.9 Å². The third-order valence-corrected chi connectivity index (χ3v) is 5.55. The molecule has 1 atom stereocenters. The van der Waals surface area contributed by atoms with Crippen molar-refractivity contribution in [2.24, 2.45) is 5.92 Å². The summed E-state index contributed by atoms with van der Waals surface area (Å²) in [5.74, 6) is -1.46. The molecule has 29 heavy (non-hydrogen) atoms. The van der Waals surface area contributed by atoms with Crippen LogP contribution in [-0.4, -0.2) is 33.0 Å². The third kappa shape index (κ3) is 4.00. The van der Waals surface area contributed by atoms with Crippen molar-refractivity contribution in [3.05, 3.63) is 24.2 Å². The van der Waals surface area contributed by atoms with E-state index in [0.717, 1.165) is 24.5 Å². The normalized spacial score (nSPS) is 17.3. The summed E-state index contributed by atoms with van der Waals surface area (Å²) < 4.78 is 39.5. The Morgan fingerprint density at radius 3 is 2.90 bits per heavy atom. The lowest BCUT2D eigenvalue weighted by Crippen LogP contribution is -2.34. The van der Waals surface area contributed by atoms with Gasteiger partial charge in [0.2, 0.25) is 5.82 Å². The summed E-state index contributed by atoms with van der Waals surface area (Å²) in [6, 6.07) is 5.23. The van der Waals surface area contributed by atoms with Crippen molar-refractivity contribution < 1.29 is 13.2 Å². The molecule has 4 heterocycles. The fourth-order valence-electron chi connectivity index (χ4n) is 3.10. The molecular formula is C17H15F3N8S. The van der Waals surface area contributed by atoms with Gasteiger partial charge in [-0.1, -0.05) is 11.3 Å². The van der Waals surface area contributed by atoms with Crippen LogP contribution in [0.5, 0.6) is 0 Å². The lowest BCUT2D eigenvalue weighted by Gasteiger charge is -2.28. The molecule has 3 N–H and O–H groups in total. The van der Waals surface area contributed by atoms with Crippen molar-refractivity contribution >= 4 is 44.1 Å². The number of hydrogen-bond acceptors (Lipinski definition) is 9. The maximum atomic E-state index is 12.9. The van der Waals surface area contributed by atoms with E-state index in [1.54, 1.807) is 6.07 Å². The quantitative estimate of drug-likeness (QED) is 0.661. The van der Waals surface area contributed by atoms with E-state index in [0.29, 0.717) is 22.6 Å². The fraction of sp³-hybridized carbons (Fsp3) is 0.353. The number of fused-ring (bicyclic) bond motifs is 1. The molecule has 4 rings (SSSR count). The highest BCUT2D eigenvalue weighted by molar-refractivity contribution is 7.22. The molecule has 0 amide bonds. The van der Waals surface area contributed by atoms with Crippen LogP contribution in [-0.2, 0) is 6.18 Å². The molecule has 1 aliphatic heterocycles. The van der Waals surface area contributed by atoms with Crippen LogP contribution in [0.2, 0.25) is 0 Å². The molecule has 0 aromatic carbocycles. The number of nitrogen functional groups attached to an aromatic ring is 1. The topological polar surface area (TPSA) is 117 Å². The smallest absolute Gasteiger partial charge is 0.384 e. The Labute approximate surface area is 167 Å². The number of anilines is 4. The fourth-order valence-corrected chi connectivity index (χ4v) is 4.14. The van der Waals surface area contributed by atoms with Gasteiger partial charge in [-0.3, -0.25) is 0 Å². The number of rotatable bonds is 3. The lowest BCUT2D eigenvalue weighted by atomic mass is 10.0. The molecule has 0 spiro atoms. The molecule has 150 valence electrons. The molecule has 8 nitrogen and oxygen atoms in total. The van der Waals surface area contributed by atoms with Crippen LogP contribution < -0.4 is 16.0 Å². The van der Waals surface area contributed by atoms with Gasteiger partial charge in [-0.2, -0.15) is 18.4 Å². The van der Waals surface area contributed by atoms with E-state index in [1.807, 2.05) is 0 Å². The molecule has 0 bridgehead atoms. The van der Waals surface area contributed by atoms with Crippen LogP contribution in [0, 0.1) is 17.2 Å². The Balaban J connectivity index is 1.66. The average Bonchev–Trinajstić information content (AvgIpc) is 3.12. The van der Waals surface area contributed by atoms with Gasteiger partial charge in [-0.05, 0) is 18.9 Å². The number of aromatic nitrogens is 4. The van der Waals surface area contributed by atoms with E-state index in [-0.39, 0.29) is 17.6 Å². The van der Waals surface area contributed by atoms with Crippen LogP contribution in [0.15, 0.2) is 18.3 Å². The standard InChI is InChI=1S/C17H15F3N8S/c18-17(19,20)15-25-11(22)6-12(27-15)26-14-13-10(3-4-23-14)24-16(29-13)28-5-1-2-9(7-21)8-28/h3-4,6,9H,1-2,5,8H2,(H3,22,23,25,26,27). The Bertz CT molecular complexity index is 1090. The molecule has 0 saturated carbocycles. The summed E-state index contributed by atoms with van der Waals surface area (Å²) in [4.78, 5) is 17.6. The zero-order chi connectivity index (χ0) is 20.6. The first-order valence-corrected chi connectivity index (χ1v) is 9.54. The Hall–Kier alpha value is -3.20. The van der Waals surface area contributed by atoms with Crippen molar-refractivity contribution in [3.8, 4) is 6.07 Å². The summed E-state index contributed by atoms with van der Waals surface area (Å²) in [6.07, 6.45) is -1.44. The highest BCUT2D eigenvalue weighted by atomic mass is 32.1. The Morgan fingerprint density at radius 2 is 2.14 bits per heavy atom. The summed E-state index contributed by atoms with van der Waals surface area (Å²) >= 11 is 1.36. The summed E-state index contributed by atoms with van der Waals surface area (Å²) in [5, 5.41) is 12.7. The summed E-state index contributed by atoms with van der Waals surface area (Å²) in [7, 11) is 0. The molecule has 12 heteroatoms. The molecule has 1 unspecified atom stereocenters. The van der Waals surface area contributed by atoms with Gasteiger partial charge in [0.25, 0.3) is 0 Å². The van der Waals surface area contributed by atoms with Crippen LogP contribution in [0.25, 0.3) is 10.2 Å². The number of nitrogens with zero attached hydrogens (tertiary/aromatic N) is 6. The SMILES string of the molecule is N#CC1CCCN(c2nc3ccnc(Nc4cc(N)nc(C(F)(F)F)n4)c3s2)C1. The van der Waals surface area contributed by atoms with Gasteiger partial charge in [-0.15, -0.1) is 0 Å². The molecular weight excluding hydrogens is 405 g/mol. The van der Waals surface area contributed by atoms with Crippen molar-refractivity contribution in [1.82, 2.24) is 19.9 Å². The zero-order valence-corrected chi connectivity index (χ0v) is 15.8. The second-order valence-corrected chi connectivity index (χ2v) is 7.52. The van der Waals surface area contributed by atoms with Gasteiger partial charge in [0.1, 0.15) is 11.6 Å². The van der Waals surface area contributed by atoms with E-state index in [2.05, 4.69) is 36.2 Å². The van der Waals surface area contributed by atoms with E-state index in [9.17, 15) is 18.4 Å². The van der Waals surface area contributed by atoms with Crippen molar-refractivity contribution in [2.75, 3.05) is 29.0 Å². The van der Waals surface area contributed by atoms with Gasteiger partial charge in [0, 0.05) is 25.4 Å². The summed E-state index contributed by atoms with van der Waals surface area (Å²) in [5.41, 5.74) is 6.15. The van der Waals surface area contributed by atoms with Gasteiger partial charge < -0.3 is 16.0 Å². The maximum Gasteiger partial charge on any atom is 0.451 e. The minimum atomic E-state index is -4.71. The van der Waals surface area contributed by atoms with Crippen molar-refractivity contribution in [2.45, 2.75) is 19.0 Å². The molecule has 1 saturated heterocycles. The van der Waals surface area contributed by atoms with E-state index < -0.39 is 12.0 Å². The third-order valence-electron chi connectivity index (χ3n) is 4.41. The number of halogens is 3. The molecule has 1 fully saturated rings. The van der Waals surface area contributed by atoms with Crippen LogP contribution >= 0.6 is 11.3 Å². The van der Waals surface area contributed by atoms with Crippen molar-refractivity contribution in [1.29, 1.82) is 5.26 Å². The highest BCUT2D eigenvalue weighted by Crippen LogP contribution is 2.36. The number of nitriles is 1. The predicted octanol–water partition coefficient (Wildman–Crippen LogP) is 3.57.